The van der Waals surface area contributed by atoms with Crippen LogP contribution >= 0.6 is 24.0 Å². The van der Waals surface area contributed by atoms with Gasteiger partial charge < -0.3 is 19.9 Å². The van der Waals surface area contributed by atoms with Crippen molar-refractivity contribution in [1.29, 1.82) is 0 Å². The number of guanidine groups is 1. The number of ether oxygens (including phenoxy) is 1. The number of rotatable bonds is 10. The summed E-state index contributed by atoms with van der Waals surface area (Å²) in [5.41, 5.74) is 2.82. The van der Waals surface area contributed by atoms with Gasteiger partial charge in [-0.25, -0.2) is 0 Å². The normalized spacial score (nSPS) is 15.9. The average molecular weight is 526 g/mol. The molecule has 0 amide bonds. The van der Waals surface area contributed by atoms with Crippen LogP contribution in [0.15, 0.2) is 35.6 Å². The SMILES string of the molecule is CCNC(=NCCCOC1CCCc2ccccc21)NCCn1cnnc1CC.I. The summed E-state index contributed by atoms with van der Waals surface area (Å²) in [4.78, 5) is 4.68. The second kappa shape index (κ2) is 13.6. The number of nitrogens with zero attached hydrogens (tertiary/aromatic N) is 4. The number of fused-ring (bicyclic) bond motifs is 1. The lowest BCUT2D eigenvalue weighted by Crippen LogP contribution is -2.39. The van der Waals surface area contributed by atoms with Crippen molar-refractivity contribution >= 4 is 29.9 Å². The van der Waals surface area contributed by atoms with Gasteiger partial charge in [0.15, 0.2) is 5.96 Å². The molecule has 0 spiro atoms. The maximum atomic E-state index is 6.18. The number of aromatic nitrogens is 3. The van der Waals surface area contributed by atoms with Gasteiger partial charge >= 0.3 is 0 Å². The summed E-state index contributed by atoms with van der Waals surface area (Å²) < 4.78 is 8.26. The van der Waals surface area contributed by atoms with Crippen molar-refractivity contribution in [2.24, 2.45) is 4.99 Å². The van der Waals surface area contributed by atoms with Gasteiger partial charge in [-0.3, -0.25) is 4.99 Å². The van der Waals surface area contributed by atoms with E-state index in [9.17, 15) is 0 Å². The molecule has 0 fully saturated rings. The standard InChI is InChI=1S/C22H34N6O.HI/c1-3-21-27-26-17-28(21)15-14-25-22(23-4-2)24-13-8-16-29-20-12-7-10-18-9-5-6-11-19(18)20;/h5-6,9,11,17,20H,3-4,7-8,10,12-16H2,1-2H3,(H2,23,24,25);1H. The van der Waals surface area contributed by atoms with Gasteiger partial charge in [-0.05, 0) is 43.7 Å². The zero-order valence-corrected chi connectivity index (χ0v) is 20.5. The van der Waals surface area contributed by atoms with Crippen molar-refractivity contribution in [3.63, 3.8) is 0 Å². The molecule has 2 N–H and O–H groups in total. The third kappa shape index (κ3) is 7.23. The van der Waals surface area contributed by atoms with Crippen LogP contribution in [0.4, 0.5) is 0 Å². The van der Waals surface area contributed by atoms with Crippen LogP contribution in [0.1, 0.15) is 56.2 Å². The van der Waals surface area contributed by atoms with E-state index in [0.29, 0.717) is 0 Å². The minimum Gasteiger partial charge on any atom is -0.373 e. The molecule has 1 atom stereocenters. The van der Waals surface area contributed by atoms with Crippen LogP contribution in [-0.2, 0) is 24.1 Å². The largest absolute Gasteiger partial charge is 0.373 e. The molecule has 30 heavy (non-hydrogen) atoms. The molecular formula is C22H35IN6O. The number of benzene rings is 1. The summed E-state index contributed by atoms with van der Waals surface area (Å²) in [7, 11) is 0. The predicted octanol–water partition coefficient (Wildman–Crippen LogP) is 3.50. The van der Waals surface area contributed by atoms with Crippen molar-refractivity contribution in [3.8, 4) is 0 Å². The molecule has 2 aromatic rings. The molecule has 166 valence electrons. The van der Waals surface area contributed by atoms with E-state index < -0.39 is 0 Å². The molecule has 0 aliphatic heterocycles. The number of aryl methyl sites for hydroxylation is 2. The monoisotopic (exact) mass is 526 g/mol. The van der Waals surface area contributed by atoms with E-state index in [4.69, 9.17) is 4.74 Å². The lowest BCUT2D eigenvalue weighted by molar-refractivity contribution is 0.0403. The summed E-state index contributed by atoms with van der Waals surface area (Å²) >= 11 is 0. The van der Waals surface area contributed by atoms with Crippen LogP contribution in [-0.4, -0.2) is 47.0 Å². The Bertz CT molecular complexity index is 778. The van der Waals surface area contributed by atoms with Crippen LogP contribution in [0, 0.1) is 0 Å². The van der Waals surface area contributed by atoms with Crippen molar-refractivity contribution in [2.75, 3.05) is 26.2 Å². The summed E-state index contributed by atoms with van der Waals surface area (Å²) in [5.74, 6) is 1.86. The van der Waals surface area contributed by atoms with Crippen LogP contribution in [0.2, 0.25) is 0 Å². The molecule has 1 aliphatic rings. The van der Waals surface area contributed by atoms with E-state index in [1.165, 1.54) is 24.0 Å². The van der Waals surface area contributed by atoms with Gasteiger partial charge in [0.2, 0.25) is 0 Å². The Labute approximate surface area is 197 Å². The Balaban J connectivity index is 0.00000320. The second-order valence-corrected chi connectivity index (χ2v) is 7.29. The van der Waals surface area contributed by atoms with E-state index in [1.54, 1.807) is 6.33 Å². The molecule has 1 heterocycles. The Morgan fingerprint density at radius 2 is 2.13 bits per heavy atom. The number of hydrogen-bond donors (Lipinski definition) is 2. The molecule has 1 aromatic carbocycles. The fourth-order valence-corrected chi connectivity index (χ4v) is 3.74. The van der Waals surface area contributed by atoms with Gasteiger partial charge in [0.25, 0.3) is 0 Å². The molecule has 1 unspecified atom stereocenters. The van der Waals surface area contributed by atoms with Gasteiger partial charge in [-0.15, -0.1) is 34.2 Å². The van der Waals surface area contributed by atoms with Crippen LogP contribution < -0.4 is 10.6 Å². The number of aliphatic imine (C=N–C) groups is 1. The van der Waals surface area contributed by atoms with Crippen molar-refractivity contribution in [2.45, 2.75) is 58.6 Å². The van der Waals surface area contributed by atoms with Gasteiger partial charge in [0, 0.05) is 39.2 Å². The highest BCUT2D eigenvalue weighted by Gasteiger charge is 2.19. The van der Waals surface area contributed by atoms with Crippen LogP contribution in [0.3, 0.4) is 0 Å². The fraction of sp³-hybridized carbons (Fsp3) is 0.591. The second-order valence-electron chi connectivity index (χ2n) is 7.29. The van der Waals surface area contributed by atoms with E-state index in [0.717, 1.165) is 63.8 Å². The summed E-state index contributed by atoms with van der Waals surface area (Å²) in [6, 6.07) is 8.68. The molecule has 0 bridgehead atoms. The molecule has 7 nitrogen and oxygen atoms in total. The molecule has 1 aliphatic carbocycles. The van der Waals surface area contributed by atoms with Crippen LogP contribution in [0.5, 0.6) is 0 Å². The molecular weight excluding hydrogens is 491 g/mol. The zero-order chi connectivity index (χ0) is 20.3. The Hall–Kier alpha value is -1.68. The molecule has 0 saturated heterocycles. The van der Waals surface area contributed by atoms with E-state index in [-0.39, 0.29) is 30.1 Å². The first kappa shape index (κ1) is 24.6. The van der Waals surface area contributed by atoms with Crippen LogP contribution in [0.25, 0.3) is 0 Å². The molecule has 0 saturated carbocycles. The number of nitrogens with one attached hydrogen (secondary N) is 2. The first-order valence-electron chi connectivity index (χ1n) is 10.9. The van der Waals surface area contributed by atoms with E-state index in [1.807, 2.05) is 0 Å². The highest BCUT2D eigenvalue weighted by molar-refractivity contribution is 14.0. The van der Waals surface area contributed by atoms with Gasteiger partial charge in [-0.2, -0.15) is 0 Å². The highest BCUT2D eigenvalue weighted by atomic mass is 127. The highest BCUT2D eigenvalue weighted by Crippen LogP contribution is 2.32. The molecule has 3 rings (SSSR count). The topological polar surface area (TPSA) is 76.4 Å². The number of halogens is 1. The number of hydrogen-bond acceptors (Lipinski definition) is 4. The lowest BCUT2D eigenvalue weighted by Gasteiger charge is -2.25. The minimum atomic E-state index is 0. The average Bonchev–Trinajstić information content (AvgIpc) is 3.21. The summed E-state index contributed by atoms with van der Waals surface area (Å²) in [6.07, 6.45) is 7.33. The molecule has 0 radical (unpaired) electrons. The van der Waals surface area contributed by atoms with Crippen molar-refractivity contribution in [3.05, 3.63) is 47.5 Å². The van der Waals surface area contributed by atoms with Crippen molar-refractivity contribution < 1.29 is 4.74 Å². The quantitative estimate of drug-likeness (QED) is 0.215. The molecule has 8 heteroatoms. The van der Waals surface area contributed by atoms with Gasteiger partial charge in [0.05, 0.1) is 6.10 Å². The van der Waals surface area contributed by atoms with E-state index in [2.05, 4.69) is 68.5 Å². The minimum absolute atomic E-state index is 0. The zero-order valence-electron chi connectivity index (χ0n) is 18.1. The summed E-state index contributed by atoms with van der Waals surface area (Å²) in [6.45, 7) is 8.10. The Kier molecular flexibility index (Phi) is 11.1. The third-order valence-electron chi connectivity index (χ3n) is 5.21. The Morgan fingerprint density at radius 1 is 1.27 bits per heavy atom. The Morgan fingerprint density at radius 3 is 2.97 bits per heavy atom. The summed E-state index contributed by atoms with van der Waals surface area (Å²) in [5, 5.41) is 14.8. The first-order chi connectivity index (χ1) is 14.3. The smallest absolute Gasteiger partial charge is 0.191 e. The maximum absolute atomic E-state index is 6.18. The lowest BCUT2D eigenvalue weighted by atomic mass is 9.89. The third-order valence-corrected chi connectivity index (χ3v) is 5.21. The molecule has 1 aromatic heterocycles. The van der Waals surface area contributed by atoms with E-state index >= 15 is 0 Å². The van der Waals surface area contributed by atoms with Gasteiger partial charge in [0.1, 0.15) is 12.2 Å². The van der Waals surface area contributed by atoms with Crippen molar-refractivity contribution in [1.82, 2.24) is 25.4 Å². The van der Waals surface area contributed by atoms with Gasteiger partial charge in [-0.1, -0.05) is 31.2 Å². The fourth-order valence-electron chi connectivity index (χ4n) is 3.74. The maximum Gasteiger partial charge on any atom is 0.191 e. The predicted molar refractivity (Wildman–Crippen MR) is 131 cm³/mol. The first-order valence-corrected chi connectivity index (χ1v) is 10.9.